The number of hydrogen-bond acceptors (Lipinski definition) is 4. The Hall–Kier alpha value is -2.02. The van der Waals surface area contributed by atoms with Gasteiger partial charge in [-0.05, 0) is 24.6 Å². The van der Waals surface area contributed by atoms with Gasteiger partial charge < -0.3 is 15.7 Å². The van der Waals surface area contributed by atoms with Crippen LogP contribution in [0.1, 0.15) is 43.0 Å². The topological polar surface area (TPSA) is 95.5 Å². The molecule has 1 aliphatic heterocycles. The molecule has 0 aliphatic carbocycles. The highest BCUT2D eigenvalue weighted by atomic mass is 32.2. The summed E-state index contributed by atoms with van der Waals surface area (Å²) in [6.07, 6.45) is 2.42. The van der Waals surface area contributed by atoms with Crippen molar-refractivity contribution in [3.63, 3.8) is 0 Å². The molecule has 23 heavy (non-hydrogen) atoms. The van der Waals surface area contributed by atoms with E-state index in [1.165, 1.54) is 0 Å². The van der Waals surface area contributed by atoms with Crippen molar-refractivity contribution in [2.24, 2.45) is 0 Å². The summed E-state index contributed by atoms with van der Waals surface area (Å²) in [5, 5.41) is 14.5. The third kappa shape index (κ3) is 4.72. The van der Waals surface area contributed by atoms with E-state index in [0.717, 1.165) is 17.7 Å². The molecular formula is C16H20N2O4S. The Bertz CT molecular complexity index is 618. The normalized spacial score (nSPS) is 15.1. The minimum atomic E-state index is -1.04. The molecule has 124 valence electrons. The fourth-order valence-electron chi connectivity index (χ4n) is 2.27. The van der Waals surface area contributed by atoms with Crippen LogP contribution in [0.25, 0.3) is 0 Å². The first-order valence-electron chi connectivity index (χ1n) is 7.61. The van der Waals surface area contributed by atoms with Crippen molar-refractivity contribution in [3.05, 3.63) is 23.8 Å². The van der Waals surface area contributed by atoms with E-state index in [1.54, 1.807) is 30.0 Å². The van der Waals surface area contributed by atoms with Crippen molar-refractivity contribution < 1.29 is 19.5 Å². The minimum Gasteiger partial charge on any atom is -0.480 e. The van der Waals surface area contributed by atoms with Crippen LogP contribution in [0.2, 0.25) is 0 Å². The molecule has 0 radical (unpaired) electrons. The van der Waals surface area contributed by atoms with E-state index in [0.29, 0.717) is 29.8 Å². The molecule has 1 aromatic carbocycles. The Kier molecular flexibility index (Phi) is 6.04. The second-order valence-corrected chi connectivity index (χ2v) is 6.50. The molecule has 7 heteroatoms. The van der Waals surface area contributed by atoms with Crippen LogP contribution in [-0.4, -0.2) is 34.7 Å². The summed E-state index contributed by atoms with van der Waals surface area (Å²) in [4.78, 5) is 36.0. The molecule has 0 saturated heterocycles. The van der Waals surface area contributed by atoms with Gasteiger partial charge in [0, 0.05) is 22.6 Å². The third-order valence-electron chi connectivity index (χ3n) is 3.55. The van der Waals surface area contributed by atoms with Crippen molar-refractivity contribution in [3.8, 4) is 0 Å². The molecular weight excluding hydrogens is 316 g/mol. The average molecular weight is 336 g/mol. The number of unbranched alkanes of at least 4 members (excludes halogenated alkanes) is 1. The van der Waals surface area contributed by atoms with Gasteiger partial charge in [0.1, 0.15) is 6.04 Å². The number of carbonyl (C=O) groups is 3. The summed E-state index contributed by atoms with van der Waals surface area (Å²) < 4.78 is 0. The number of carboxylic acids is 1. The quantitative estimate of drug-likeness (QED) is 0.742. The van der Waals surface area contributed by atoms with Crippen molar-refractivity contribution >= 4 is 35.2 Å². The van der Waals surface area contributed by atoms with Gasteiger partial charge in [-0.2, -0.15) is 0 Å². The lowest BCUT2D eigenvalue weighted by Gasteiger charge is -2.15. The Balaban J connectivity index is 2.13. The second-order valence-electron chi connectivity index (χ2n) is 5.36. The van der Waals surface area contributed by atoms with Crippen LogP contribution in [0.15, 0.2) is 23.1 Å². The highest BCUT2D eigenvalue weighted by molar-refractivity contribution is 7.99. The van der Waals surface area contributed by atoms with Gasteiger partial charge in [-0.25, -0.2) is 4.79 Å². The summed E-state index contributed by atoms with van der Waals surface area (Å²) in [6.45, 7) is 1.97. The fourth-order valence-corrected chi connectivity index (χ4v) is 3.21. The number of carbonyl (C=O) groups excluding carboxylic acids is 2. The summed E-state index contributed by atoms with van der Waals surface area (Å²) in [6, 6.07) is 4.13. The molecule has 0 aromatic heterocycles. The van der Waals surface area contributed by atoms with Gasteiger partial charge in [0.2, 0.25) is 5.91 Å². The zero-order valence-corrected chi connectivity index (χ0v) is 13.7. The molecule has 0 unspecified atom stereocenters. The standard InChI is InChI=1S/C16H20N2O4S/c1-2-3-4-11(16(21)22)18-15(20)10-5-6-13-12(9-10)17-14(19)7-8-23-13/h5-6,9,11H,2-4,7-8H2,1H3,(H,17,19)(H,18,20)(H,21,22)/t11-/m0/s1. The number of benzene rings is 1. The lowest BCUT2D eigenvalue weighted by molar-refractivity contribution is -0.139. The monoisotopic (exact) mass is 336 g/mol. The van der Waals surface area contributed by atoms with E-state index >= 15 is 0 Å². The Morgan fingerprint density at radius 3 is 2.91 bits per heavy atom. The van der Waals surface area contributed by atoms with E-state index in [-0.39, 0.29) is 5.91 Å². The van der Waals surface area contributed by atoms with E-state index in [2.05, 4.69) is 10.6 Å². The summed E-state index contributed by atoms with van der Waals surface area (Å²) in [7, 11) is 0. The molecule has 1 heterocycles. The summed E-state index contributed by atoms with van der Waals surface area (Å²) >= 11 is 1.55. The molecule has 2 amide bonds. The molecule has 0 bridgehead atoms. The molecule has 1 aliphatic rings. The maximum Gasteiger partial charge on any atom is 0.326 e. The highest BCUT2D eigenvalue weighted by Crippen LogP contribution is 2.31. The van der Waals surface area contributed by atoms with Crippen LogP contribution >= 0.6 is 11.8 Å². The molecule has 1 aromatic rings. The van der Waals surface area contributed by atoms with E-state index in [4.69, 9.17) is 0 Å². The predicted molar refractivity (Wildman–Crippen MR) is 88.8 cm³/mol. The van der Waals surface area contributed by atoms with Gasteiger partial charge >= 0.3 is 5.97 Å². The van der Waals surface area contributed by atoms with Crippen molar-refractivity contribution in [1.82, 2.24) is 5.32 Å². The number of fused-ring (bicyclic) bond motifs is 1. The molecule has 0 fully saturated rings. The number of carboxylic acid groups (broad SMARTS) is 1. The Morgan fingerprint density at radius 2 is 2.22 bits per heavy atom. The second kappa shape index (κ2) is 8.01. The van der Waals surface area contributed by atoms with Gasteiger partial charge in [-0.15, -0.1) is 11.8 Å². The minimum absolute atomic E-state index is 0.0832. The number of thioether (sulfide) groups is 1. The predicted octanol–water partition coefficient (Wildman–Crippen LogP) is 2.49. The lowest BCUT2D eigenvalue weighted by atomic mass is 10.1. The first-order valence-corrected chi connectivity index (χ1v) is 8.60. The molecule has 0 spiro atoms. The first kappa shape index (κ1) is 17.3. The van der Waals surface area contributed by atoms with Gasteiger partial charge in [0.05, 0.1) is 5.69 Å². The zero-order chi connectivity index (χ0) is 16.8. The van der Waals surface area contributed by atoms with E-state index in [9.17, 15) is 19.5 Å². The zero-order valence-electron chi connectivity index (χ0n) is 12.9. The molecule has 3 N–H and O–H groups in total. The lowest BCUT2D eigenvalue weighted by Crippen LogP contribution is -2.40. The van der Waals surface area contributed by atoms with Crippen LogP contribution in [0.5, 0.6) is 0 Å². The van der Waals surface area contributed by atoms with Crippen molar-refractivity contribution in [2.75, 3.05) is 11.1 Å². The first-order chi connectivity index (χ1) is 11.0. The number of hydrogen-bond donors (Lipinski definition) is 3. The SMILES string of the molecule is CCCC[C@H](NC(=O)c1ccc2c(c1)NC(=O)CCS2)C(=O)O. The van der Waals surface area contributed by atoms with Crippen molar-refractivity contribution in [2.45, 2.75) is 43.5 Å². The van der Waals surface area contributed by atoms with Gasteiger partial charge in [0.15, 0.2) is 0 Å². The van der Waals surface area contributed by atoms with Crippen LogP contribution in [0.3, 0.4) is 0 Å². The van der Waals surface area contributed by atoms with Crippen LogP contribution in [0, 0.1) is 0 Å². The molecule has 6 nitrogen and oxygen atoms in total. The Morgan fingerprint density at radius 1 is 1.43 bits per heavy atom. The van der Waals surface area contributed by atoms with Gasteiger partial charge in [0.25, 0.3) is 5.91 Å². The summed E-state index contributed by atoms with van der Waals surface area (Å²) in [5.74, 6) is -0.868. The number of anilines is 1. The Labute approximate surface area is 139 Å². The largest absolute Gasteiger partial charge is 0.480 e. The van der Waals surface area contributed by atoms with Crippen LogP contribution < -0.4 is 10.6 Å². The molecule has 1 atom stereocenters. The van der Waals surface area contributed by atoms with Crippen LogP contribution in [0.4, 0.5) is 5.69 Å². The number of amides is 2. The van der Waals surface area contributed by atoms with E-state index in [1.807, 2.05) is 6.92 Å². The van der Waals surface area contributed by atoms with Gasteiger partial charge in [-0.1, -0.05) is 19.8 Å². The smallest absolute Gasteiger partial charge is 0.326 e. The van der Waals surface area contributed by atoms with Crippen LogP contribution in [-0.2, 0) is 9.59 Å². The number of aliphatic carboxylic acids is 1. The van der Waals surface area contributed by atoms with Gasteiger partial charge in [-0.3, -0.25) is 9.59 Å². The molecule has 2 rings (SSSR count). The number of rotatable bonds is 6. The number of nitrogens with one attached hydrogen (secondary N) is 2. The average Bonchev–Trinajstić information content (AvgIpc) is 2.70. The highest BCUT2D eigenvalue weighted by Gasteiger charge is 2.21. The van der Waals surface area contributed by atoms with Crippen molar-refractivity contribution in [1.29, 1.82) is 0 Å². The fraction of sp³-hybridized carbons (Fsp3) is 0.438. The maximum absolute atomic E-state index is 12.3. The molecule has 0 saturated carbocycles. The maximum atomic E-state index is 12.3. The summed E-state index contributed by atoms with van der Waals surface area (Å²) in [5.41, 5.74) is 0.944. The third-order valence-corrected chi connectivity index (χ3v) is 4.63. The van der Waals surface area contributed by atoms with E-state index < -0.39 is 17.9 Å².